The second-order valence-corrected chi connectivity index (χ2v) is 4.69. The highest BCUT2D eigenvalue weighted by Crippen LogP contribution is 2.41. The third-order valence-electron chi connectivity index (χ3n) is 3.76. The molecule has 2 aliphatic rings. The van der Waals surface area contributed by atoms with Gasteiger partial charge in [-0.3, -0.25) is 0 Å². The average molecular weight is 200 g/mol. The first-order valence-corrected chi connectivity index (χ1v) is 5.78. The van der Waals surface area contributed by atoms with Gasteiger partial charge in [-0.15, -0.1) is 0 Å². The van der Waals surface area contributed by atoms with Gasteiger partial charge in [-0.25, -0.2) is 0 Å². The van der Waals surface area contributed by atoms with Crippen LogP contribution in [0.2, 0.25) is 0 Å². The average Bonchev–Trinajstić information content (AvgIpc) is 2.54. The molecule has 2 N–H and O–H groups in total. The molecule has 0 radical (unpaired) electrons. The molecule has 1 saturated carbocycles. The molecule has 0 atom stereocenters. The Morgan fingerprint density at radius 3 is 2.53 bits per heavy atom. The molecule has 0 unspecified atom stereocenters. The zero-order valence-corrected chi connectivity index (χ0v) is 8.84. The Bertz CT molecular complexity index is 403. The minimum absolute atomic E-state index is 0.0259. The quantitative estimate of drug-likeness (QED) is 0.663. The monoisotopic (exact) mass is 200 g/mol. The maximum absolute atomic E-state index is 8.31. The smallest absolute Gasteiger partial charge is 0.0795 e. The zero-order valence-electron chi connectivity index (χ0n) is 8.84. The Morgan fingerprint density at radius 1 is 1.07 bits per heavy atom. The van der Waals surface area contributed by atoms with Gasteiger partial charge >= 0.3 is 0 Å². The minimum Gasteiger partial charge on any atom is -0.373 e. The molecule has 1 fully saturated rings. The Morgan fingerprint density at radius 2 is 1.80 bits per heavy atom. The predicted octanol–water partition coefficient (Wildman–Crippen LogP) is 3.18. The molecule has 78 valence electrons. The summed E-state index contributed by atoms with van der Waals surface area (Å²) in [7, 11) is 0. The van der Waals surface area contributed by atoms with Gasteiger partial charge in [-0.1, -0.05) is 37.5 Å². The highest BCUT2D eigenvalue weighted by molar-refractivity contribution is 6.14. The number of para-hydroxylation sites is 1. The van der Waals surface area contributed by atoms with Crippen molar-refractivity contribution in [2.75, 3.05) is 5.32 Å². The van der Waals surface area contributed by atoms with Crippen molar-refractivity contribution in [2.45, 2.75) is 37.6 Å². The van der Waals surface area contributed by atoms with Gasteiger partial charge in [0.2, 0.25) is 0 Å². The van der Waals surface area contributed by atoms with Crippen LogP contribution < -0.4 is 5.32 Å². The SMILES string of the molecule is N=C1c2ccccc2NC12CCCCC2. The van der Waals surface area contributed by atoms with Crippen molar-refractivity contribution in [3.8, 4) is 0 Å². The molecule has 0 bridgehead atoms. The summed E-state index contributed by atoms with van der Waals surface area (Å²) in [5, 5.41) is 11.9. The van der Waals surface area contributed by atoms with E-state index in [9.17, 15) is 0 Å². The summed E-state index contributed by atoms with van der Waals surface area (Å²) in [6, 6.07) is 8.22. The highest BCUT2D eigenvalue weighted by atomic mass is 15.0. The topological polar surface area (TPSA) is 35.9 Å². The van der Waals surface area contributed by atoms with E-state index in [0.29, 0.717) is 0 Å². The van der Waals surface area contributed by atoms with Crippen molar-refractivity contribution >= 4 is 11.4 Å². The Labute approximate surface area is 90.2 Å². The van der Waals surface area contributed by atoms with Crippen LogP contribution in [0.3, 0.4) is 0 Å². The molecule has 0 aromatic heterocycles. The summed E-state index contributed by atoms with van der Waals surface area (Å²) in [4.78, 5) is 0. The molecule has 1 aromatic rings. The third kappa shape index (κ3) is 1.21. The van der Waals surface area contributed by atoms with Crippen molar-refractivity contribution in [1.29, 1.82) is 5.41 Å². The first-order chi connectivity index (χ1) is 7.32. The summed E-state index contributed by atoms with van der Waals surface area (Å²) >= 11 is 0. The van der Waals surface area contributed by atoms with Gasteiger partial charge in [0, 0.05) is 11.3 Å². The molecule has 15 heavy (non-hydrogen) atoms. The van der Waals surface area contributed by atoms with Crippen molar-refractivity contribution in [3.63, 3.8) is 0 Å². The van der Waals surface area contributed by atoms with Gasteiger partial charge in [0.15, 0.2) is 0 Å². The maximum atomic E-state index is 8.31. The van der Waals surface area contributed by atoms with E-state index >= 15 is 0 Å². The van der Waals surface area contributed by atoms with Gasteiger partial charge in [0.05, 0.1) is 11.3 Å². The summed E-state index contributed by atoms with van der Waals surface area (Å²) in [6.07, 6.45) is 6.08. The van der Waals surface area contributed by atoms with Crippen LogP contribution in [0.1, 0.15) is 37.7 Å². The fourth-order valence-electron chi connectivity index (χ4n) is 2.92. The van der Waals surface area contributed by atoms with E-state index in [1.807, 2.05) is 12.1 Å². The second kappa shape index (κ2) is 3.09. The Kier molecular flexibility index (Phi) is 1.84. The van der Waals surface area contributed by atoms with Crippen LogP contribution in [0.5, 0.6) is 0 Å². The van der Waals surface area contributed by atoms with E-state index in [2.05, 4.69) is 17.4 Å². The van der Waals surface area contributed by atoms with Crippen molar-refractivity contribution in [1.82, 2.24) is 0 Å². The van der Waals surface area contributed by atoms with E-state index in [0.717, 1.165) is 29.8 Å². The maximum Gasteiger partial charge on any atom is 0.0795 e. The number of nitrogens with one attached hydrogen (secondary N) is 2. The lowest BCUT2D eigenvalue weighted by Crippen LogP contribution is -2.43. The molecule has 0 saturated heterocycles. The van der Waals surface area contributed by atoms with E-state index in [-0.39, 0.29) is 5.54 Å². The number of anilines is 1. The lowest BCUT2D eigenvalue weighted by molar-refractivity contribution is 0.410. The molecule has 1 aliphatic heterocycles. The number of rotatable bonds is 0. The van der Waals surface area contributed by atoms with Gasteiger partial charge in [0.25, 0.3) is 0 Å². The Hall–Kier alpha value is -1.31. The summed E-state index contributed by atoms with van der Waals surface area (Å²) in [5.41, 5.74) is 3.06. The molecule has 2 heteroatoms. The number of fused-ring (bicyclic) bond motifs is 1. The normalized spacial score (nSPS) is 22.5. The van der Waals surface area contributed by atoms with Crippen LogP contribution in [0, 0.1) is 5.41 Å². The first-order valence-electron chi connectivity index (χ1n) is 5.78. The predicted molar refractivity (Wildman–Crippen MR) is 62.7 cm³/mol. The second-order valence-electron chi connectivity index (χ2n) is 4.69. The molecule has 3 rings (SSSR count). The minimum atomic E-state index is -0.0259. The van der Waals surface area contributed by atoms with Crippen molar-refractivity contribution in [2.24, 2.45) is 0 Å². The summed E-state index contributed by atoms with van der Waals surface area (Å²) in [5.74, 6) is 0. The molecule has 1 heterocycles. The molecule has 1 spiro atoms. The van der Waals surface area contributed by atoms with E-state index in [4.69, 9.17) is 5.41 Å². The molecule has 1 aromatic carbocycles. The van der Waals surface area contributed by atoms with Gasteiger partial charge in [-0.2, -0.15) is 0 Å². The molecular weight excluding hydrogens is 184 g/mol. The molecule has 2 nitrogen and oxygen atoms in total. The lowest BCUT2D eigenvalue weighted by atomic mass is 9.78. The van der Waals surface area contributed by atoms with Crippen LogP contribution in [0.4, 0.5) is 5.69 Å². The van der Waals surface area contributed by atoms with Crippen LogP contribution in [0.15, 0.2) is 24.3 Å². The van der Waals surface area contributed by atoms with Crippen LogP contribution >= 0.6 is 0 Å². The highest BCUT2D eigenvalue weighted by Gasteiger charge is 2.42. The van der Waals surface area contributed by atoms with E-state index in [1.54, 1.807) is 0 Å². The van der Waals surface area contributed by atoms with Crippen molar-refractivity contribution in [3.05, 3.63) is 29.8 Å². The molecule has 0 amide bonds. The fourth-order valence-corrected chi connectivity index (χ4v) is 2.92. The number of benzene rings is 1. The van der Waals surface area contributed by atoms with E-state index < -0.39 is 0 Å². The first kappa shape index (κ1) is 8.96. The zero-order chi connectivity index (χ0) is 10.3. The largest absolute Gasteiger partial charge is 0.373 e. The lowest BCUT2D eigenvalue weighted by Gasteiger charge is -2.34. The Balaban J connectivity index is 2.01. The third-order valence-corrected chi connectivity index (χ3v) is 3.76. The van der Waals surface area contributed by atoms with Crippen LogP contribution in [0.25, 0.3) is 0 Å². The number of hydrogen-bond acceptors (Lipinski definition) is 2. The van der Waals surface area contributed by atoms with Gasteiger partial charge < -0.3 is 10.7 Å². The standard InChI is InChI=1S/C13H16N2/c14-12-10-6-2-3-7-11(10)15-13(12)8-4-1-5-9-13/h2-3,6-7,14-15H,1,4-5,8-9H2. The van der Waals surface area contributed by atoms with Crippen molar-refractivity contribution < 1.29 is 0 Å². The summed E-state index contributed by atoms with van der Waals surface area (Å²) < 4.78 is 0. The van der Waals surface area contributed by atoms with E-state index in [1.165, 1.54) is 19.3 Å². The van der Waals surface area contributed by atoms with Crippen LogP contribution in [-0.4, -0.2) is 11.3 Å². The molecular formula is C13H16N2. The van der Waals surface area contributed by atoms with Crippen LogP contribution in [-0.2, 0) is 0 Å². The van der Waals surface area contributed by atoms with Gasteiger partial charge in [-0.05, 0) is 18.9 Å². The van der Waals surface area contributed by atoms with Gasteiger partial charge in [0.1, 0.15) is 0 Å². The fraction of sp³-hybridized carbons (Fsp3) is 0.462. The number of hydrogen-bond donors (Lipinski definition) is 2. The molecule has 1 aliphatic carbocycles. The summed E-state index contributed by atoms with van der Waals surface area (Å²) in [6.45, 7) is 0.